The first kappa shape index (κ1) is 11.6. The molecule has 0 radical (unpaired) electrons. The van der Waals surface area contributed by atoms with Gasteiger partial charge in [0.1, 0.15) is 11.4 Å². The minimum absolute atomic E-state index is 0.124. The number of aromatic nitrogens is 2. The van der Waals surface area contributed by atoms with Crippen LogP contribution in [0.25, 0.3) is 22.3 Å². The summed E-state index contributed by atoms with van der Waals surface area (Å²) in [4.78, 5) is 7.20. The van der Waals surface area contributed by atoms with Gasteiger partial charge in [-0.2, -0.15) is 8.78 Å². The van der Waals surface area contributed by atoms with Crippen molar-refractivity contribution in [3.8, 4) is 17.0 Å². The molecular weight excluding hydrogens is 250 g/mol. The second kappa shape index (κ2) is 4.68. The van der Waals surface area contributed by atoms with Crippen LogP contribution in [0.1, 0.15) is 0 Å². The van der Waals surface area contributed by atoms with Crippen molar-refractivity contribution in [3.05, 3.63) is 48.7 Å². The van der Waals surface area contributed by atoms with Crippen LogP contribution in [0.5, 0.6) is 5.75 Å². The summed E-state index contributed by atoms with van der Waals surface area (Å²) in [6.07, 6.45) is 1.44. The molecule has 2 heterocycles. The van der Waals surface area contributed by atoms with Gasteiger partial charge in [-0.3, -0.25) is 0 Å². The van der Waals surface area contributed by atoms with E-state index in [0.717, 1.165) is 11.3 Å². The van der Waals surface area contributed by atoms with Crippen molar-refractivity contribution in [1.29, 1.82) is 0 Å². The van der Waals surface area contributed by atoms with E-state index in [4.69, 9.17) is 0 Å². The largest absolute Gasteiger partial charge is 0.434 e. The molecule has 5 heteroatoms. The molecule has 0 saturated heterocycles. The molecule has 1 aromatic carbocycles. The molecule has 0 atom stereocenters. The Kier molecular flexibility index (Phi) is 2.87. The number of hydrogen-bond donors (Lipinski definition) is 1. The summed E-state index contributed by atoms with van der Waals surface area (Å²) in [6.45, 7) is -2.85. The average Bonchev–Trinajstić information content (AvgIpc) is 2.84. The van der Waals surface area contributed by atoms with Gasteiger partial charge in [0, 0.05) is 11.9 Å². The molecule has 0 amide bonds. The Morgan fingerprint density at radius 3 is 2.63 bits per heavy atom. The fourth-order valence-corrected chi connectivity index (χ4v) is 1.97. The van der Waals surface area contributed by atoms with E-state index >= 15 is 0 Å². The molecule has 0 bridgehead atoms. The van der Waals surface area contributed by atoms with Gasteiger partial charge in [-0.15, -0.1) is 0 Å². The monoisotopic (exact) mass is 260 g/mol. The van der Waals surface area contributed by atoms with E-state index < -0.39 is 6.61 Å². The number of fused-ring (bicyclic) bond motifs is 1. The van der Waals surface area contributed by atoms with Crippen LogP contribution >= 0.6 is 0 Å². The number of H-pyrrole nitrogens is 1. The fraction of sp³-hybridized carbons (Fsp3) is 0.0714. The highest BCUT2D eigenvalue weighted by atomic mass is 19.3. The molecular formula is C14H10F2N2O. The van der Waals surface area contributed by atoms with Gasteiger partial charge in [-0.25, -0.2) is 4.98 Å². The van der Waals surface area contributed by atoms with Gasteiger partial charge in [0.25, 0.3) is 0 Å². The number of halogens is 2. The third-order valence-electron chi connectivity index (χ3n) is 2.79. The van der Waals surface area contributed by atoms with Gasteiger partial charge >= 0.3 is 6.61 Å². The van der Waals surface area contributed by atoms with E-state index in [1.54, 1.807) is 6.07 Å². The van der Waals surface area contributed by atoms with Crippen LogP contribution in [0.15, 0.2) is 48.7 Å². The summed E-state index contributed by atoms with van der Waals surface area (Å²) < 4.78 is 29.1. The number of pyridine rings is 1. The maximum absolute atomic E-state index is 12.3. The number of aromatic amines is 1. The Morgan fingerprint density at radius 2 is 1.89 bits per heavy atom. The van der Waals surface area contributed by atoms with Gasteiger partial charge in [0.05, 0.1) is 5.39 Å². The highest BCUT2D eigenvalue weighted by molar-refractivity contribution is 5.88. The van der Waals surface area contributed by atoms with Gasteiger partial charge < -0.3 is 9.72 Å². The lowest BCUT2D eigenvalue weighted by Gasteiger charge is -2.04. The van der Waals surface area contributed by atoms with Crippen molar-refractivity contribution in [2.24, 2.45) is 0 Å². The first-order valence-electron chi connectivity index (χ1n) is 5.72. The second-order valence-electron chi connectivity index (χ2n) is 4.00. The Balaban J connectivity index is 2.11. The third kappa shape index (κ3) is 2.27. The van der Waals surface area contributed by atoms with Gasteiger partial charge in [0.2, 0.25) is 0 Å². The SMILES string of the molecule is FC(F)Oc1ccnc2[nH]c(-c3ccccc3)cc12. The zero-order valence-corrected chi connectivity index (χ0v) is 9.81. The minimum atomic E-state index is -2.85. The van der Waals surface area contributed by atoms with Crippen LogP contribution in [0.4, 0.5) is 8.78 Å². The summed E-state index contributed by atoms with van der Waals surface area (Å²) in [6, 6.07) is 12.8. The molecule has 3 rings (SSSR count). The van der Waals surface area contributed by atoms with E-state index in [-0.39, 0.29) is 5.75 Å². The van der Waals surface area contributed by atoms with Crippen molar-refractivity contribution in [2.45, 2.75) is 6.61 Å². The maximum atomic E-state index is 12.3. The molecule has 0 aliphatic heterocycles. The summed E-state index contributed by atoms with van der Waals surface area (Å²) in [5.74, 6) is 0.124. The fourth-order valence-electron chi connectivity index (χ4n) is 1.97. The van der Waals surface area contributed by atoms with Gasteiger partial charge in [-0.1, -0.05) is 30.3 Å². The molecule has 19 heavy (non-hydrogen) atoms. The summed E-state index contributed by atoms with van der Waals surface area (Å²) >= 11 is 0. The number of rotatable bonds is 3. The molecule has 3 nitrogen and oxygen atoms in total. The number of benzene rings is 1. The summed E-state index contributed by atoms with van der Waals surface area (Å²) in [7, 11) is 0. The predicted molar refractivity (Wildman–Crippen MR) is 68.2 cm³/mol. The number of nitrogens with one attached hydrogen (secondary N) is 1. The van der Waals surface area contributed by atoms with Crippen LogP contribution in [0.3, 0.4) is 0 Å². The van der Waals surface area contributed by atoms with Gasteiger partial charge in [0.15, 0.2) is 0 Å². The smallest absolute Gasteiger partial charge is 0.387 e. The van der Waals surface area contributed by atoms with Crippen molar-refractivity contribution >= 4 is 11.0 Å². The predicted octanol–water partition coefficient (Wildman–Crippen LogP) is 3.83. The molecule has 0 spiro atoms. The van der Waals surface area contributed by atoms with Crippen LogP contribution in [0.2, 0.25) is 0 Å². The quantitative estimate of drug-likeness (QED) is 0.777. The van der Waals surface area contributed by atoms with Crippen LogP contribution in [-0.2, 0) is 0 Å². The molecule has 1 N–H and O–H groups in total. The topological polar surface area (TPSA) is 37.9 Å². The number of ether oxygens (including phenoxy) is 1. The Bertz CT molecular complexity index is 695. The van der Waals surface area contributed by atoms with Crippen LogP contribution in [0, 0.1) is 0 Å². The lowest BCUT2D eigenvalue weighted by molar-refractivity contribution is -0.0488. The molecule has 0 unspecified atom stereocenters. The third-order valence-corrected chi connectivity index (χ3v) is 2.79. The number of alkyl halides is 2. The van der Waals surface area contributed by atoms with Gasteiger partial charge in [-0.05, 0) is 17.7 Å². The van der Waals surface area contributed by atoms with E-state index in [1.807, 2.05) is 30.3 Å². The van der Waals surface area contributed by atoms with E-state index in [9.17, 15) is 8.78 Å². The van der Waals surface area contributed by atoms with Crippen molar-refractivity contribution < 1.29 is 13.5 Å². The maximum Gasteiger partial charge on any atom is 0.387 e. The lowest BCUT2D eigenvalue weighted by atomic mass is 10.1. The molecule has 0 aliphatic rings. The highest BCUT2D eigenvalue weighted by Crippen LogP contribution is 2.29. The zero-order chi connectivity index (χ0) is 13.2. The van der Waals surface area contributed by atoms with Crippen molar-refractivity contribution in [2.75, 3.05) is 0 Å². The minimum Gasteiger partial charge on any atom is -0.434 e. The standard InChI is InChI=1S/C14H10F2N2O/c15-14(16)19-12-6-7-17-13-10(12)8-11(18-13)9-4-2-1-3-5-9/h1-8,14H,(H,17,18). The Hall–Kier alpha value is -2.43. The summed E-state index contributed by atoms with van der Waals surface area (Å²) in [5, 5.41) is 0.543. The zero-order valence-electron chi connectivity index (χ0n) is 9.81. The highest BCUT2D eigenvalue weighted by Gasteiger charge is 2.12. The lowest BCUT2D eigenvalue weighted by Crippen LogP contribution is -2.02. The number of hydrogen-bond acceptors (Lipinski definition) is 2. The molecule has 3 aromatic rings. The number of nitrogens with zero attached hydrogens (tertiary/aromatic N) is 1. The van der Waals surface area contributed by atoms with Crippen LogP contribution < -0.4 is 4.74 Å². The first-order valence-corrected chi connectivity index (χ1v) is 5.72. The molecule has 0 aliphatic carbocycles. The molecule has 96 valence electrons. The molecule has 2 aromatic heterocycles. The van der Waals surface area contributed by atoms with Crippen LogP contribution in [-0.4, -0.2) is 16.6 Å². The van der Waals surface area contributed by atoms with E-state index in [2.05, 4.69) is 14.7 Å². The molecule has 0 saturated carbocycles. The van der Waals surface area contributed by atoms with Crippen molar-refractivity contribution in [1.82, 2.24) is 9.97 Å². The first-order chi connectivity index (χ1) is 9.24. The second-order valence-corrected chi connectivity index (χ2v) is 4.00. The molecule has 0 fully saturated rings. The average molecular weight is 260 g/mol. The Morgan fingerprint density at radius 1 is 1.11 bits per heavy atom. The van der Waals surface area contributed by atoms with E-state index in [1.165, 1.54) is 12.3 Å². The Labute approximate surface area is 107 Å². The normalized spacial score (nSPS) is 11.1. The van der Waals surface area contributed by atoms with E-state index in [0.29, 0.717) is 11.0 Å². The summed E-state index contributed by atoms with van der Waals surface area (Å²) in [5.41, 5.74) is 2.30. The van der Waals surface area contributed by atoms with Crippen molar-refractivity contribution in [3.63, 3.8) is 0 Å².